The summed E-state index contributed by atoms with van der Waals surface area (Å²) < 4.78 is 60.9. The number of rotatable bonds is 8. The molecular weight excluding hydrogens is 568 g/mol. The van der Waals surface area contributed by atoms with E-state index in [1.807, 2.05) is 6.92 Å². The Morgan fingerprint density at radius 1 is 1.09 bits per heavy atom. The third-order valence-corrected chi connectivity index (χ3v) is 6.59. The minimum absolute atomic E-state index is 0.0276. The van der Waals surface area contributed by atoms with Crippen LogP contribution in [0.4, 0.5) is 40.7 Å². The third kappa shape index (κ3) is 7.16. The maximum absolute atomic E-state index is 14.4. The molecule has 14 heteroatoms. The van der Waals surface area contributed by atoms with Gasteiger partial charge in [0.1, 0.15) is 5.75 Å². The fraction of sp³-hybridized carbons (Fsp3) is 0.241. The van der Waals surface area contributed by atoms with Gasteiger partial charge in [-0.2, -0.15) is 28.4 Å². The SMILES string of the molecule is CCc1nc(/C=N/N(N)c2ncc(F)c(N3CCOCC3)n2)ccc1Nc1cc(-c2cccc(O)c2)cc(C(F)(F)F)c1. The molecular formula is C29H28F4N8O2. The highest BCUT2D eigenvalue weighted by Crippen LogP contribution is 2.36. The summed E-state index contributed by atoms with van der Waals surface area (Å²) in [4.78, 5) is 14.4. The molecule has 0 atom stereocenters. The van der Waals surface area contributed by atoms with Crippen molar-refractivity contribution in [3.8, 4) is 16.9 Å². The number of anilines is 4. The minimum Gasteiger partial charge on any atom is -0.508 e. The maximum Gasteiger partial charge on any atom is 0.416 e. The van der Waals surface area contributed by atoms with Crippen LogP contribution < -0.4 is 21.2 Å². The van der Waals surface area contributed by atoms with Crippen molar-refractivity contribution in [3.05, 3.63) is 83.6 Å². The lowest BCUT2D eigenvalue weighted by Crippen LogP contribution is -2.38. The lowest BCUT2D eigenvalue weighted by molar-refractivity contribution is -0.137. The number of morpholine rings is 1. The molecule has 224 valence electrons. The van der Waals surface area contributed by atoms with Crippen molar-refractivity contribution in [2.24, 2.45) is 10.9 Å². The highest BCUT2D eigenvalue weighted by molar-refractivity contribution is 5.79. The first-order valence-electron chi connectivity index (χ1n) is 13.3. The molecule has 0 aliphatic carbocycles. The average molecular weight is 597 g/mol. The summed E-state index contributed by atoms with van der Waals surface area (Å²) in [6, 6.07) is 12.9. The molecule has 5 rings (SSSR count). The predicted molar refractivity (Wildman–Crippen MR) is 155 cm³/mol. The molecule has 3 heterocycles. The summed E-state index contributed by atoms with van der Waals surface area (Å²) in [7, 11) is 0. The van der Waals surface area contributed by atoms with Crippen molar-refractivity contribution in [1.82, 2.24) is 15.0 Å². The fourth-order valence-electron chi connectivity index (χ4n) is 4.47. The van der Waals surface area contributed by atoms with Gasteiger partial charge in [0.05, 0.1) is 48.3 Å². The molecule has 4 aromatic rings. The lowest BCUT2D eigenvalue weighted by atomic mass is 10.0. The standard InChI is InChI=1S/C29H28F4N8O2/c1-2-25-26(38-22-13-19(12-20(15-22)29(31,32)33)18-4-3-5-23(42)14-18)7-6-21(37-25)16-36-41(34)28-35-17-24(30)27(39-28)40-8-10-43-11-9-40/h3-7,12-17,38,42H,2,8-11,34H2,1H3/b36-16+. The Morgan fingerprint density at radius 3 is 2.60 bits per heavy atom. The molecule has 2 aromatic heterocycles. The summed E-state index contributed by atoms with van der Waals surface area (Å²) in [5, 5.41) is 17.9. The topological polar surface area (TPSA) is 125 Å². The number of hydrogen-bond acceptors (Lipinski definition) is 10. The number of ether oxygens (including phenoxy) is 1. The number of hydrogen-bond donors (Lipinski definition) is 3. The van der Waals surface area contributed by atoms with Gasteiger partial charge in [-0.1, -0.05) is 19.1 Å². The zero-order valence-electron chi connectivity index (χ0n) is 23.0. The van der Waals surface area contributed by atoms with E-state index in [0.717, 1.165) is 23.4 Å². The number of pyridine rings is 1. The zero-order valence-corrected chi connectivity index (χ0v) is 23.0. The molecule has 0 radical (unpaired) electrons. The second kappa shape index (κ2) is 12.6. The van der Waals surface area contributed by atoms with Crippen LogP contribution in [0, 0.1) is 5.82 Å². The number of halogens is 4. The second-order valence-corrected chi connectivity index (χ2v) is 9.59. The number of aromatic hydroxyl groups is 1. The monoisotopic (exact) mass is 596 g/mol. The average Bonchev–Trinajstić information content (AvgIpc) is 3.00. The van der Waals surface area contributed by atoms with E-state index in [9.17, 15) is 22.7 Å². The van der Waals surface area contributed by atoms with Crippen molar-refractivity contribution < 1.29 is 27.4 Å². The van der Waals surface area contributed by atoms with Crippen molar-refractivity contribution in [3.63, 3.8) is 0 Å². The van der Waals surface area contributed by atoms with Crippen LogP contribution in [0.1, 0.15) is 23.9 Å². The summed E-state index contributed by atoms with van der Waals surface area (Å²) in [6.45, 7) is 3.71. The van der Waals surface area contributed by atoms with Crippen LogP contribution >= 0.6 is 0 Å². The summed E-state index contributed by atoms with van der Waals surface area (Å²) in [6.07, 6.45) is -1.73. The normalized spacial score (nSPS) is 13.9. The number of aryl methyl sites for hydroxylation is 1. The summed E-state index contributed by atoms with van der Waals surface area (Å²) in [5.74, 6) is 5.44. The summed E-state index contributed by atoms with van der Waals surface area (Å²) in [5.41, 5.74) is 1.56. The second-order valence-electron chi connectivity index (χ2n) is 9.59. The Hall–Kier alpha value is -4.82. The smallest absolute Gasteiger partial charge is 0.416 e. The number of nitrogens with two attached hydrogens (primary N) is 1. The van der Waals surface area contributed by atoms with Gasteiger partial charge in [-0.3, -0.25) is 0 Å². The molecule has 4 N–H and O–H groups in total. The highest BCUT2D eigenvalue weighted by Gasteiger charge is 2.31. The van der Waals surface area contributed by atoms with E-state index in [4.69, 9.17) is 10.6 Å². The molecule has 1 fully saturated rings. The Bertz CT molecular complexity index is 1630. The molecule has 0 saturated carbocycles. The Balaban J connectivity index is 1.37. The largest absolute Gasteiger partial charge is 0.508 e. The van der Waals surface area contributed by atoms with Crippen LogP contribution in [-0.4, -0.2) is 52.6 Å². The number of hydrazone groups is 1. The molecule has 10 nitrogen and oxygen atoms in total. The quantitative estimate of drug-likeness (QED) is 0.108. The van der Waals surface area contributed by atoms with E-state index >= 15 is 0 Å². The van der Waals surface area contributed by atoms with E-state index < -0.39 is 17.6 Å². The van der Waals surface area contributed by atoms with Gasteiger partial charge in [0, 0.05) is 18.8 Å². The lowest BCUT2D eigenvalue weighted by Gasteiger charge is -2.28. The Morgan fingerprint density at radius 2 is 1.88 bits per heavy atom. The van der Waals surface area contributed by atoms with Gasteiger partial charge < -0.3 is 20.1 Å². The van der Waals surface area contributed by atoms with Crippen LogP contribution in [-0.2, 0) is 17.3 Å². The van der Waals surface area contributed by atoms with E-state index in [1.165, 1.54) is 18.3 Å². The Labute approximate surface area is 244 Å². The van der Waals surface area contributed by atoms with Crippen molar-refractivity contribution in [1.29, 1.82) is 0 Å². The molecule has 0 bridgehead atoms. The molecule has 1 aliphatic heterocycles. The number of nitrogens with zero attached hydrogens (tertiary/aromatic N) is 6. The maximum atomic E-state index is 14.4. The number of nitrogens with one attached hydrogen (secondary N) is 1. The van der Waals surface area contributed by atoms with Crippen molar-refractivity contribution in [2.75, 3.05) is 41.6 Å². The predicted octanol–water partition coefficient (Wildman–Crippen LogP) is 5.26. The van der Waals surface area contributed by atoms with Crippen LogP contribution in [0.25, 0.3) is 11.1 Å². The van der Waals surface area contributed by atoms with Gasteiger partial charge in [-0.15, -0.1) is 0 Å². The van der Waals surface area contributed by atoms with E-state index in [0.29, 0.717) is 55.4 Å². The summed E-state index contributed by atoms with van der Waals surface area (Å²) >= 11 is 0. The zero-order chi connectivity index (χ0) is 30.6. The molecule has 2 aromatic carbocycles. The number of benzene rings is 2. The number of aromatic nitrogens is 3. The van der Waals surface area contributed by atoms with Gasteiger partial charge in [-0.25, -0.2) is 20.2 Å². The van der Waals surface area contributed by atoms with Gasteiger partial charge in [0.2, 0.25) is 0 Å². The van der Waals surface area contributed by atoms with E-state index in [-0.39, 0.29) is 28.8 Å². The Kier molecular flexibility index (Phi) is 8.68. The number of phenolic OH excluding ortho intramolecular Hbond substituents is 1. The fourth-order valence-corrected chi connectivity index (χ4v) is 4.47. The molecule has 0 amide bonds. The van der Waals surface area contributed by atoms with Crippen LogP contribution in [0.5, 0.6) is 5.75 Å². The van der Waals surface area contributed by atoms with E-state index in [1.54, 1.807) is 35.2 Å². The van der Waals surface area contributed by atoms with Crippen LogP contribution in [0.15, 0.2) is 65.9 Å². The number of phenols is 1. The first-order chi connectivity index (χ1) is 20.6. The first-order valence-corrected chi connectivity index (χ1v) is 13.3. The van der Waals surface area contributed by atoms with Crippen molar-refractivity contribution in [2.45, 2.75) is 19.5 Å². The minimum atomic E-state index is -4.58. The van der Waals surface area contributed by atoms with Crippen LogP contribution in [0.2, 0.25) is 0 Å². The number of hydrazine groups is 1. The number of alkyl halides is 3. The first kappa shape index (κ1) is 29.7. The van der Waals surface area contributed by atoms with Gasteiger partial charge >= 0.3 is 6.18 Å². The van der Waals surface area contributed by atoms with Gasteiger partial charge in [0.15, 0.2) is 11.6 Å². The molecule has 1 aliphatic rings. The van der Waals surface area contributed by atoms with Gasteiger partial charge in [-0.05, 0) is 60.0 Å². The van der Waals surface area contributed by atoms with E-state index in [2.05, 4.69) is 25.4 Å². The molecule has 1 saturated heterocycles. The molecule has 0 spiro atoms. The van der Waals surface area contributed by atoms with Crippen molar-refractivity contribution >= 4 is 29.4 Å². The highest BCUT2D eigenvalue weighted by atomic mass is 19.4. The molecule has 43 heavy (non-hydrogen) atoms. The molecule has 0 unspecified atom stereocenters. The van der Waals surface area contributed by atoms with Gasteiger partial charge in [0.25, 0.3) is 5.95 Å². The third-order valence-electron chi connectivity index (χ3n) is 6.59. The van der Waals surface area contributed by atoms with Crippen LogP contribution in [0.3, 0.4) is 0 Å².